The molecule has 0 saturated carbocycles. The van der Waals surface area contributed by atoms with E-state index in [1.807, 2.05) is 0 Å². The Morgan fingerprint density at radius 3 is 2.29 bits per heavy atom. The number of hydrogen-bond donors (Lipinski definition) is 1. The standard InChI is InChI=1S/C15H11F4NO/c1-8-2-4-10(14(20)21)11(6-8)12-7-9(15(17,18)19)3-5-13(12)16/h2-7H,1H3,(H2,20,21). The molecule has 2 aromatic carbocycles. The Morgan fingerprint density at radius 2 is 1.71 bits per heavy atom. The average Bonchev–Trinajstić information content (AvgIpc) is 2.37. The number of alkyl halides is 3. The first-order chi connectivity index (χ1) is 9.70. The summed E-state index contributed by atoms with van der Waals surface area (Å²) in [4.78, 5) is 11.4. The number of benzene rings is 2. The number of nitrogens with two attached hydrogens (primary N) is 1. The van der Waals surface area contributed by atoms with Crippen LogP contribution in [0, 0.1) is 12.7 Å². The average molecular weight is 297 g/mol. The fraction of sp³-hybridized carbons (Fsp3) is 0.133. The molecule has 6 heteroatoms. The van der Waals surface area contributed by atoms with Crippen LogP contribution in [0.3, 0.4) is 0 Å². The topological polar surface area (TPSA) is 43.1 Å². The number of primary amides is 1. The van der Waals surface area contributed by atoms with Crippen molar-refractivity contribution in [3.63, 3.8) is 0 Å². The summed E-state index contributed by atoms with van der Waals surface area (Å²) in [5, 5.41) is 0. The molecule has 110 valence electrons. The number of aryl methyl sites for hydroxylation is 1. The normalized spacial score (nSPS) is 11.5. The summed E-state index contributed by atoms with van der Waals surface area (Å²) in [7, 11) is 0. The van der Waals surface area contributed by atoms with Crippen LogP contribution in [-0.4, -0.2) is 5.91 Å². The largest absolute Gasteiger partial charge is 0.416 e. The van der Waals surface area contributed by atoms with Crippen LogP contribution in [0.1, 0.15) is 21.5 Å². The fourth-order valence-corrected chi connectivity index (χ4v) is 2.00. The predicted octanol–water partition coefficient (Wildman–Crippen LogP) is 3.92. The first-order valence-corrected chi connectivity index (χ1v) is 5.97. The first-order valence-electron chi connectivity index (χ1n) is 5.97. The smallest absolute Gasteiger partial charge is 0.366 e. The number of amides is 1. The van der Waals surface area contributed by atoms with Crippen molar-refractivity contribution in [2.45, 2.75) is 13.1 Å². The number of rotatable bonds is 2. The molecule has 2 aromatic rings. The van der Waals surface area contributed by atoms with Crippen molar-refractivity contribution in [3.8, 4) is 11.1 Å². The van der Waals surface area contributed by atoms with Gasteiger partial charge in [0.25, 0.3) is 0 Å². The number of halogens is 4. The van der Waals surface area contributed by atoms with Gasteiger partial charge in [0.15, 0.2) is 0 Å². The molecule has 0 heterocycles. The Bertz CT molecular complexity index is 707. The summed E-state index contributed by atoms with van der Waals surface area (Å²) in [5.41, 5.74) is 4.59. The van der Waals surface area contributed by atoms with E-state index < -0.39 is 23.5 Å². The summed E-state index contributed by atoms with van der Waals surface area (Å²) in [6.07, 6.45) is -4.60. The molecule has 0 aliphatic rings. The molecule has 2 rings (SSSR count). The van der Waals surface area contributed by atoms with E-state index in [9.17, 15) is 22.4 Å². The monoisotopic (exact) mass is 297 g/mol. The van der Waals surface area contributed by atoms with E-state index in [1.165, 1.54) is 12.1 Å². The quantitative estimate of drug-likeness (QED) is 0.839. The molecule has 0 aliphatic carbocycles. The van der Waals surface area contributed by atoms with Gasteiger partial charge in [0.2, 0.25) is 5.91 Å². The third-order valence-electron chi connectivity index (χ3n) is 3.02. The molecule has 0 aliphatic heterocycles. The molecule has 0 bridgehead atoms. The Balaban J connectivity index is 2.72. The molecule has 0 atom stereocenters. The van der Waals surface area contributed by atoms with Crippen LogP contribution in [0.2, 0.25) is 0 Å². The second-order valence-electron chi connectivity index (χ2n) is 4.61. The molecule has 0 spiro atoms. The van der Waals surface area contributed by atoms with E-state index >= 15 is 0 Å². The lowest BCUT2D eigenvalue weighted by atomic mass is 9.95. The lowest BCUT2D eigenvalue weighted by Gasteiger charge is -2.12. The molecule has 21 heavy (non-hydrogen) atoms. The van der Waals surface area contributed by atoms with E-state index in [0.29, 0.717) is 17.7 Å². The summed E-state index contributed by atoms with van der Waals surface area (Å²) in [6.45, 7) is 1.68. The van der Waals surface area contributed by atoms with Crippen molar-refractivity contribution in [2.75, 3.05) is 0 Å². The van der Waals surface area contributed by atoms with Gasteiger partial charge in [0, 0.05) is 11.1 Å². The van der Waals surface area contributed by atoms with E-state index in [2.05, 4.69) is 0 Å². The minimum atomic E-state index is -4.60. The molecule has 2 N–H and O–H groups in total. The van der Waals surface area contributed by atoms with E-state index in [0.717, 1.165) is 6.07 Å². The third-order valence-corrected chi connectivity index (χ3v) is 3.02. The molecule has 1 amide bonds. The van der Waals surface area contributed by atoms with Gasteiger partial charge in [-0.25, -0.2) is 4.39 Å². The Morgan fingerprint density at radius 1 is 1.05 bits per heavy atom. The number of carbonyl (C=O) groups is 1. The van der Waals surface area contributed by atoms with Crippen molar-refractivity contribution in [1.29, 1.82) is 0 Å². The van der Waals surface area contributed by atoms with Crippen molar-refractivity contribution in [3.05, 3.63) is 58.9 Å². The Kier molecular flexibility index (Phi) is 3.72. The molecule has 0 aromatic heterocycles. The lowest BCUT2D eigenvalue weighted by Crippen LogP contribution is -2.13. The highest BCUT2D eigenvalue weighted by Crippen LogP contribution is 2.34. The summed E-state index contributed by atoms with van der Waals surface area (Å²) < 4.78 is 52.1. The van der Waals surface area contributed by atoms with Gasteiger partial charge in [-0.2, -0.15) is 13.2 Å². The molecule has 0 unspecified atom stereocenters. The fourth-order valence-electron chi connectivity index (χ4n) is 2.00. The molecule has 0 fully saturated rings. The van der Waals surface area contributed by atoms with Crippen LogP contribution < -0.4 is 5.73 Å². The molecule has 0 saturated heterocycles. The van der Waals surface area contributed by atoms with E-state index in [-0.39, 0.29) is 16.7 Å². The Labute approximate surface area is 118 Å². The molecule has 2 nitrogen and oxygen atoms in total. The molecule has 0 radical (unpaired) electrons. The van der Waals surface area contributed by atoms with Crippen molar-refractivity contribution in [2.24, 2.45) is 5.73 Å². The molecular formula is C15H11F4NO. The van der Waals surface area contributed by atoms with Gasteiger partial charge < -0.3 is 5.73 Å². The van der Waals surface area contributed by atoms with Crippen LogP contribution >= 0.6 is 0 Å². The Hall–Kier alpha value is -2.37. The van der Waals surface area contributed by atoms with Gasteiger partial charge in [-0.3, -0.25) is 4.79 Å². The van der Waals surface area contributed by atoms with Crippen LogP contribution in [0.4, 0.5) is 17.6 Å². The van der Waals surface area contributed by atoms with Gasteiger partial charge in [0.1, 0.15) is 5.82 Å². The molecular weight excluding hydrogens is 286 g/mol. The maximum absolute atomic E-state index is 13.9. The third kappa shape index (κ3) is 3.04. The zero-order valence-electron chi connectivity index (χ0n) is 11.0. The van der Waals surface area contributed by atoms with Crippen LogP contribution in [0.25, 0.3) is 11.1 Å². The van der Waals surface area contributed by atoms with Crippen molar-refractivity contribution >= 4 is 5.91 Å². The minimum absolute atomic E-state index is 0.0289. The van der Waals surface area contributed by atoms with Crippen LogP contribution in [0.15, 0.2) is 36.4 Å². The maximum atomic E-state index is 13.9. The maximum Gasteiger partial charge on any atom is 0.416 e. The second-order valence-corrected chi connectivity index (χ2v) is 4.61. The summed E-state index contributed by atoms with van der Waals surface area (Å²) in [6, 6.07) is 6.43. The summed E-state index contributed by atoms with van der Waals surface area (Å²) >= 11 is 0. The zero-order valence-corrected chi connectivity index (χ0v) is 11.0. The first kappa shape index (κ1) is 15.0. The highest BCUT2D eigenvalue weighted by atomic mass is 19.4. The van der Waals surface area contributed by atoms with Crippen LogP contribution in [0.5, 0.6) is 0 Å². The van der Waals surface area contributed by atoms with Gasteiger partial charge in [0.05, 0.1) is 5.56 Å². The van der Waals surface area contributed by atoms with Crippen molar-refractivity contribution in [1.82, 2.24) is 0 Å². The minimum Gasteiger partial charge on any atom is -0.366 e. The highest BCUT2D eigenvalue weighted by Gasteiger charge is 2.31. The second kappa shape index (κ2) is 5.20. The SMILES string of the molecule is Cc1ccc(C(N)=O)c(-c2cc(C(F)(F)F)ccc2F)c1. The van der Waals surface area contributed by atoms with Crippen LogP contribution in [-0.2, 0) is 6.18 Å². The van der Waals surface area contributed by atoms with Gasteiger partial charge >= 0.3 is 6.18 Å². The zero-order chi connectivity index (χ0) is 15.8. The number of hydrogen-bond acceptors (Lipinski definition) is 1. The van der Waals surface area contributed by atoms with Gasteiger partial charge in [-0.15, -0.1) is 0 Å². The van der Waals surface area contributed by atoms with E-state index in [4.69, 9.17) is 5.73 Å². The van der Waals surface area contributed by atoms with E-state index in [1.54, 1.807) is 13.0 Å². The predicted molar refractivity (Wildman–Crippen MR) is 70.1 cm³/mol. The van der Waals surface area contributed by atoms with Crippen molar-refractivity contribution < 1.29 is 22.4 Å². The number of carbonyl (C=O) groups excluding carboxylic acids is 1. The summed E-state index contributed by atoms with van der Waals surface area (Å²) in [5.74, 6) is -1.68. The lowest BCUT2D eigenvalue weighted by molar-refractivity contribution is -0.137. The van der Waals surface area contributed by atoms with Gasteiger partial charge in [-0.1, -0.05) is 17.7 Å². The van der Waals surface area contributed by atoms with Gasteiger partial charge in [-0.05, 0) is 36.8 Å². The highest BCUT2D eigenvalue weighted by molar-refractivity contribution is 6.00.